The zero-order valence-corrected chi connectivity index (χ0v) is 11.4. The van der Waals surface area contributed by atoms with Crippen LogP contribution in [-0.4, -0.2) is 23.2 Å². The van der Waals surface area contributed by atoms with Gasteiger partial charge >= 0.3 is 0 Å². The second-order valence-electron chi connectivity index (χ2n) is 3.64. The molecule has 0 spiro atoms. The van der Waals surface area contributed by atoms with Crippen molar-refractivity contribution in [2.75, 3.05) is 13.0 Å². The maximum atomic E-state index is 13.8. The molecule has 1 aromatic heterocycles. The van der Waals surface area contributed by atoms with Gasteiger partial charge in [0.05, 0.1) is 7.11 Å². The Kier molecular flexibility index (Phi) is 4.49. The zero-order chi connectivity index (χ0) is 13.0. The number of ether oxygens (including phenoxy) is 1. The standard InChI is InChI=1S/C12H12ClFN2OS/c1-17-8-4-5-9(10(14)7-8)12-16-15-11(18-12)3-2-6-13/h4-5,7H,2-3,6H2,1H3. The van der Waals surface area contributed by atoms with Crippen LogP contribution in [0.2, 0.25) is 0 Å². The summed E-state index contributed by atoms with van der Waals surface area (Å²) in [6.45, 7) is 0. The van der Waals surface area contributed by atoms with Gasteiger partial charge in [-0.25, -0.2) is 4.39 Å². The lowest BCUT2D eigenvalue weighted by molar-refractivity contribution is 0.411. The van der Waals surface area contributed by atoms with E-state index >= 15 is 0 Å². The Morgan fingerprint density at radius 2 is 2.22 bits per heavy atom. The summed E-state index contributed by atoms with van der Waals surface area (Å²) in [7, 11) is 1.50. The van der Waals surface area contributed by atoms with Gasteiger partial charge in [0.1, 0.15) is 16.6 Å². The molecular weight excluding hydrogens is 275 g/mol. The molecule has 0 fully saturated rings. The van der Waals surface area contributed by atoms with Crippen molar-refractivity contribution in [2.24, 2.45) is 0 Å². The van der Waals surface area contributed by atoms with Crippen LogP contribution in [0.15, 0.2) is 18.2 Å². The average molecular weight is 287 g/mol. The number of benzene rings is 1. The van der Waals surface area contributed by atoms with E-state index in [9.17, 15) is 4.39 Å². The van der Waals surface area contributed by atoms with Gasteiger partial charge in [0.2, 0.25) is 0 Å². The monoisotopic (exact) mass is 286 g/mol. The predicted octanol–water partition coefficient (Wildman–Crippen LogP) is 3.52. The number of nitrogens with zero attached hydrogens (tertiary/aromatic N) is 2. The van der Waals surface area contributed by atoms with E-state index in [4.69, 9.17) is 16.3 Å². The number of halogens is 2. The summed E-state index contributed by atoms with van der Waals surface area (Å²) in [5, 5.41) is 9.48. The number of aryl methyl sites for hydroxylation is 1. The number of methoxy groups -OCH3 is 1. The Morgan fingerprint density at radius 3 is 2.89 bits per heavy atom. The van der Waals surface area contributed by atoms with E-state index in [1.54, 1.807) is 12.1 Å². The molecular formula is C12H12ClFN2OS. The lowest BCUT2D eigenvalue weighted by atomic mass is 10.2. The quantitative estimate of drug-likeness (QED) is 0.789. The fourth-order valence-electron chi connectivity index (χ4n) is 1.48. The Hall–Kier alpha value is -1.20. The molecule has 0 radical (unpaired) electrons. The molecule has 0 aliphatic carbocycles. The van der Waals surface area contributed by atoms with Gasteiger partial charge in [0, 0.05) is 23.9 Å². The Bertz CT molecular complexity index is 533. The first-order valence-corrected chi connectivity index (χ1v) is 6.82. The van der Waals surface area contributed by atoms with Gasteiger partial charge in [-0.2, -0.15) is 0 Å². The molecule has 0 N–H and O–H groups in total. The Labute approximate surface area is 114 Å². The van der Waals surface area contributed by atoms with E-state index in [0.29, 0.717) is 22.2 Å². The van der Waals surface area contributed by atoms with Crippen molar-refractivity contribution in [3.63, 3.8) is 0 Å². The first-order valence-electron chi connectivity index (χ1n) is 5.47. The van der Waals surface area contributed by atoms with Crippen LogP contribution in [0.25, 0.3) is 10.6 Å². The predicted molar refractivity (Wildman–Crippen MR) is 70.9 cm³/mol. The fraction of sp³-hybridized carbons (Fsp3) is 0.333. The molecule has 0 aliphatic rings. The molecule has 0 atom stereocenters. The highest BCUT2D eigenvalue weighted by molar-refractivity contribution is 7.14. The molecule has 18 heavy (non-hydrogen) atoms. The summed E-state index contributed by atoms with van der Waals surface area (Å²) in [6.07, 6.45) is 1.63. The summed E-state index contributed by atoms with van der Waals surface area (Å²) >= 11 is 7.01. The van der Waals surface area contributed by atoms with E-state index in [1.165, 1.54) is 24.5 Å². The van der Waals surface area contributed by atoms with E-state index < -0.39 is 0 Å². The van der Waals surface area contributed by atoms with Crippen LogP contribution in [0.3, 0.4) is 0 Å². The highest BCUT2D eigenvalue weighted by Crippen LogP contribution is 2.28. The zero-order valence-electron chi connectivity index (χ0n) is 9.82. The van der Waals surface area contributed by atoms with E-state index in [1.807, 2.05) is 0 Å². The van der Waals surface area contributed by atoms with E-state index in [2.05, 4.69) is 10.2 Å². The lowest BCUT2D eigenvalue weighted by Crippen LogP contribution is -1.87. The second-order valence-corrected chi connectivity index (χ2v) is 5.08. The number of hydrogen-bond acceptors (Lipinski definition) is 4. The van der Waals surface area contributed by atoms with Gasteiger partial charge in [0.15, 0.2) is 5.01 Å². The van der Waals surface area contributed by atoms with Crippen LogP contribution in [-0.2, 0) is 6.42 Å². The molecule has 1 aromatic carbocycles. The van der Waals surface area contributed by atoms with Crippen LogP contribution >= 0.6 is 22.9 Å². The third-order valence-electron chi connectivity index (χ3n) is 2.40. The maximum absolute atomic E-state index is 13.8. The molecule has 0 aliphatic heterocycles. The molecule has 0 saturated carbocycles. The highest BCUT2D eigenvalue weighted by atomic mass is 35.5. The van der Waals surface area contributed by atoms with Crippen LogP contribution in [0.1, 0.15) is 11.4 Å². The minimum Gasteiger partial charge on any atom is -0.497 e. The van der Waals surface area contributed by atoms with Gasteiger partial charge in [-0.3, -0.25) is 0 Å². The van der Waals surface area contributed by atoms with Crippen molar-refractivity contribution < 1.29 is 9.13 Å². The van der Waals surface area contributed by atoms with Crippen molar-refractivity contribution in [2.45, 2.75) is 12.8 Å². The summed E-state index contributed by atoms with van der Waals surface area (Å²) in [5.41, 5.74) is 0.449. The summed E-state index contributed by atoms with van der Waals surface area (Å²) in [6, 6.07) is 4.70. The molecule has 1 heterocycles. The molecule has 0 saturated heterocycles. The normalized spacial score (nSPS) is 10.6. The largest absolute Gasteiger partial charge is 0.497 e. The van der Waals surface area contributed by atoms with Crippen LogP contribution in [0.4, 0.5) is 4.39 Å². The number of alkyl halides is 1. The lowest BCUT2D eigenvalue weighted by Gasteiger charge is -2.02. The van der Waals surface area contributed by atoms with Crippen molar-refractivity contribution in [1.82, 2.24) is 10.2 Å². The van der Waals surface area contributed by atoms with Gasteiger partial charge in [-0.05, 0) is 18.6 Å². The first kappa shape index (κ1) is 13.2. The van der Waals surface area contributed by atoms with Crippen molar-refractivity contribution in [3.8, 4) is 16.3 Å². The summed E-state index contributed by atoms with van der Waals surface area (Å²) in [5.74, 6) is 0.726. The SMILES string of the molecule is COc1ccc(-c2nnc(CCCCl)s2)c(F)c1. The number of aromatic nitrogens is 2. The third kappa shape index (κ3) is 2.97. The molecule has 96 valence electrons. The molecule has 0 unspecified atom stereocenters. The van der Waals surface area contributed by atoms with Crippen molar-refractivity contribution >= 4 is 22.9 Å². The highest BCUT2D eigenvalue weighted by Gasteiger charge is 2.11. The second kappa shape index (κ2) is 6.11. The molecule has 2 rings (SSSR count). The van der Waals surface area contributed by atoms with Crippen LogP contribution < -0.4 is 4.74 Å². The molecule has 0 bridgehead atoms. The Morgan fingerprint density at radius 1 is 1.39 bits per heavy atom. The minimum absolute atomic E-state index is 0.352. The van der Waals surface area contributed by atoms with Crippen LogP contribution in [0, 0.1) is 5.82 Å². The molecule has 6 heteroatoms. The average Bonchev–Trinajstić information content (AvgIpc) is 2.84. The Balaban J connectivity index is 2.23. The fourth-order valence-corrected chi connectivity index (χ4v) is 2.52. The smallest absolute Gasteiger partial charge is 0.150 e. The van der Waals surface area contributed by atoms with E-state index in [-0.39, 0.29) is 5.82 Å². The molecule has 2 aromatic rings. The molecule has 0 amide bonds. The van der Waals surface area contributed by atoms with Crippen LogP contribution in [0.5, 0.6) is 5.75 Å². The van der Waals surface area contributed by atoms with E-state index in [0.717, 1.165) is 17.8 Å². The maximum Gasteiger partial charge on any atom is 0.150 e. The first-order chi connectivity index (χ1) is 8.74. The van der Waals surface area contributed by atoms with Gasteiger partial charge in [0.25, 0.3) is 0 Å². The minimum atomic E-state index is -0.352. The molecule has 3 nitrogen and oxygen atoms in total. The summed E-state index contributed by atoms with van der Waals surface area (Å²) < 4.78 is 18.8. The third-order valence-corrected chi connectivity index (χ3v) is 3.68. The van der Waals surface area contributed by atoms with Crippen molar-refractivity contribution in [3.05, 3.63) is 29.0 Å². The van der Waals surface area contributed by atoms with Crippen molar-refractivity contribution in [1.29, 1.82) is 0 Å². The van der Waals surface area contributed by atoms with Gasteiger partial charge in [-0.1, -0.05) is 11.3 Å². The van der Waals surface area contributed by atoms with Gasteiger partial charge in [-0.15, -0.1) is 21.8 Å². The number of rotatable bonds is 5. The topological polar surface area (TPSA) is 35.0 Å². The van der Waals surface area contributed by atoms with Gasteiger partial charge < -0.3 is 4.74 Å². The number of hydrogen-bond donors (Lipinski definition) is 0. The summed E-state index contributed by atoms with van der Waals surface area (Å²) in [4.78, 5) is 0.